The van der Waals surface area contributed by atoms with Crippen molar-refractivity contribution in [3.63, 3.8) is 0 Å². The second-order valence-electron chi connectivity index (χ2n) is 8.51. The standard InChI is InChI=1S/C29H32F2N2O4/c1-19(32-2)17-33(18-20-14-26(35-3)29(37-5)27(15-20)36-4)28(34)16-25(21-6-10-23(30)11-7-21)22-8-12-24(31)13-9-22/h6-16,19,32H,17-18H2,1-5H3. The molecule has 8 heteroatoms. The van der Waals surface area contributed by atoms with Crippen molar-refractivity contribution in [3.05, 3.63) is 95.1 Å². The number of halogens is 2. The second kappa shape index (κ2) is 12.9. The second-order valence-corrected chi connectivity index (χ2v) is 8.51. The number of rotatable bonds is 11. The average molecular weight is 511 g/mol. The molecular formula is C29H32F2N2O4. The van der Waals surface area contributed by atoms with Gasteiger partial charge in [-0.25, -0.2) is 8.78 Å². The first-order valence-electron chi connectivity index (χ1n) is 11.8. The fourth-order valence-corrected chi connectivity index (χ4v) is 3.91. The van der Waals surface area contributed by atoms with Crippen molar-refractivity contribution in [2.24, 2.45) is 0 Å². The maximum atomic E-state index is 13.7. The molecule has 0 fully saturated rings. The van der Waals surface area contributed by atoms with E-state index in [0.29, 0.717) is 40.5 Å². The molecule has 0 aromatic heterocycles. The number of hydrogen-bond donors (Lipinski definition) is 1. The molecule has 0 spiro atoms. The van der Waals surface area contributed by atoms with Crippen molar-refractivity contribution < 1.29 is 27.8 Å². The summed E-state index contributed by atoms with van der Waals surface area (Å²) in [4.78, 5) is 15.4. The van der Waals surface area contributed by atoms with Crippen molar-refractivity contribution >= 4 is 11.5 Å². The zero-order chi connectivity index (χ0) is 26.9. The minimum atomic E-state index is -0.389. The summed E-state index contributed by atoms with van der Waals surface area (Å²) >= 11 is 0. The van der Waals surface area contributed by atoms with Gasteiger partial charge in [0.05, 0.1) is 21.3 Å². The molecule has 1 amide bonds. The third kappa shape index (κ3) is 7.07. The summed E-state index contributed by atoms with van der Waals surface area (Å²) in [6.45, 7) is 2.64. The molecule has 0 bridgehead atoms. The van der Waals surface area contributed by atoms with Crippen LogP contribution in [0.5, 0.6) is 17.2 Å². The van der Waals surface area contributed by atoms with Crippen molar-refractivity contribution in [3.8, 4) is 17.2 Å². The number of nitrogens with zero attached hydrogens (tertiary/aromatic N) is 1. The van der Waals surface area contributed by atoms with Gasteiger partial charge < -0.3 is 24.4 Å². The Bertz CT molecular complexity index is 1160. The lowest BCUT2D eigenvalue weighted by molar-refractivity contribution is -0.126. The van der Waals surface area contributed by atoms with Crippen LogP contribution >= 0.6 is 0 Å². The molecule has 0 saturated heterocycles. The first kappa shape index (κ1) is 27.7. The molecule has 0 radical (unpaired) electrons. The van der Waals surface area contributed by atoms with Crippen LogP contribution in [0.4, 0.5) is 8.78 Å². The molecule has 0 saturated carbocycles. The van der Waals surface area contributed by atoms with Crippen molar-refractivity contribution in [1.29, 1.82) is 0 Å². The molecule has 3 rings (SSSR count). The first-order valence-corrected chi connectivity index (χ1v) is 11.8. The Hall–Kier alpha value is -3.91. The van der Waals surface area contributed by atoms with E-state index in [9.17, 15) is 13.6 Å². The summed E-state index contributed by atoms with van der Waals surface area (Å²) in [7, 11) is 6.42. The van der Waals surface area contributed by atoms with Gasteiger partial charge in [0.25, 0.3) is 0 Å². The van der Waals surface area contributed by atoms with Crippen LogP contribution in [0.2, 0.25) is 0 Å². The van der Waals surface area contributed by atoms with Gasteiger partial charge in [0, 0.05) is 25.2 Å². The van der Waals surface area contributed by atoms with Gasteiger partial charge in [0.1, 0.15) is 11.6 Å². The van der Waals surface area contributed by atoms with Crippen LogP contribution in [-0.4, -0.2) is 51.8 Å². The predicted octanol–water partition coefficient (Wildman–Crippen LogP) is 5.06. The van der Waals surface area contributed by atoms with Gasteiger partial charge in [0.15, 0.2) is 11.5 Å². The van der Waals surface area contributed by atoms with Gasteiger partial charge in [0.2, 0.25) is 11.7 Å². The molecule has 3 aromatic rings. The summed E-state index contributed by atoms with van der Waals surface area (Å²) in [5.74, 6) is 0.393. The highest BCUT2D eigenvalue weighted by molar-refractivity contribution is 5.99. The van der Waals surface area contributed by atoms with Crippen LogP contribution in [0.25, 0.3) is 5.57 Å². The van der Waals surface area contributed by atoms with Gasteiger partial charge in [-0.1, -0.05) is 24.3 Å². The van der Waals surface area contributed by atoms with E-state index < -0.39 is 0 Å². The van der Waals surface area contributed by atoms with E-state index in [1.165, 1.54) is 51.7 Å². The van der Waals surface area contributed by atoms with E-state index in [4.69, 9.17) is 14.2 Å². The van der Waals surface area contributed by atoms with Crippen LogP contribution in [0.3, 0.4) is 0 Å². The molecule has 3 aromatic carbocycles. The van der Waals surface area contributed by atoms with Crippen LogP contribution < -0.4 is 19.5 Å². The molecule has 0 aliphatic heterocycles. The topological polar surface area (TPSA) is 60.0 Å². The molecular weight excluding hydrogens is 478 g/mol. The van der Waals surface area contributed by atoms with Gasteiger partial charge in [-0.15, -0.1) is 0 Å². The number of benzene rings is 3. The van der Waals surface area contributed by atoms with Gasteiger partial charge in [-0.05, 0) is 72.6 Å². The number of hydrogen-bond acceptors (Lipinski definition) is 5. The van der Waals surface area contributed by atoms with E-state index in [-0.39, 0.29) is 30.1 Å². The third-order valence-corrected chi connectivity index (χ3v) is 5.97. The molecule has 1 unspecified atom stereocenters. The number of carbonyl (C=O) groups is 1. The zero-order valence-electron chi connectivity index (χ0n) is 21.7. The zero-order valence-corrected chi connectivity index (χ0v) is 21.7. The van der Waals surface area contributed by atoms with E-state index in [1.807, 2.05) is 14.0 Å². The lowest BCUT2D eigenvalue weighted by Gasteiger charge is -2.26. The van der Waals surface area contributed by atoms with Gasteiger partial charge in [-0.2, -0.15) is 0 Å². The largest absolute Gasteiger partial charge is 0.493 e. The Kier molecular flexibility index (Phi) is 9.63. The van der Waals surface area contributed by atoms with Crippen molar-refractivity contribution in [2.75, 3.05) is 34.9 Å². The Balaban J connectivity index is 2.05. The molecule has 0 aliphatic carbocycles. The Morgan fingerprint density at radius 2 is 1.38 bits per heavy atom. The summed E-state index contributed by atoms with van der Waals surface area (Å²) in [6.07, 6.45) is 1.50. The molecule has 1 N–H and O–H groups in total. The number of likely N-dealkylation sites (N-methyl/N-ethyl adjacent to an activating group) is 1. The van der Waals surface area contributed by atoms with E-state index in [0.717, 1.165) is 5.56 Å². The highest BCUT2D eigenvalue weighted by atomic mass is 19.1. The molecule has 0 heterocycles. The number of methoxy groups -OCH3 is 3. The fourth-order valence-electron chi connectivity index (χ4n) is 3.91. The molecule has 1 atom stereocenters. The summed E-state index contributed by atoms with van der Waals surface area (Å²) in [6, 6.07) is 15.3. The highest BCUT2D eigenvalue weighted by Crippen LogP contribution is 2.38. The summed E-state index contributed by atoms with van der Waals surface area (Å²) in [5, 5.41) is 3.16. The average Bonchev–Trinajstić information content (AvgIpc) is 2.91. The Morgan fingerprint density at radius 1 is 0.892 bits per heavy atom. The summed E-state index contributed by atoms with van der Waals surface area (Å²) < 4.78 is 43.6. The minimum absolute atomic E-state index is 0.000480. The molecule has 37 heavy (non-hydrogen) atoms. The maximum absolute atomic E-state index is 13.7. The lowest BCUT2D eigenvalue weighted by Crippen LogP contribution is -2.40. The van der Waals surface area contributed by atoms with E-state index in [1.54, 1.807) is 41.3 Å². The smallest absolute Gasteiger partial charge is 0.247 e. The molecule has 196 valence electrons. The maximum Gasteiger partial charge on any atom is 0.247 e. The van der Waals surface area contributed by atoms with Crippen LogP contribution in [0, 0.1) is 11.6 Å². The third-order valence-electron chi connectivity index (χ3n) is 5.97. The quantitative estimate of drug-likeness (QED) is 0.366. The number of nitrogens with one attached hydrogen (secondary N) is 1. The normalized spacial score (nSPS) is 11.4. The number of carbonyl (C=O) groups excluding carboxylic acids is 1. The van der Waals surface area contributed by atoms with Crippen molar-refractivity contribution in [1.82, 2.24) is 10.2 Å². The van der Waals surface area contributed by atoms with E-state index >= 15 is 0 Å². The molecule has 0 aliphatic rings. The number of amides is 1. The van der Waals surface area contributed by atoms with Crippen LogP contribution in [-0.2, 0) is 11.3 Å². The monoisotopic (exact) mass is 510 g/mol. The van der Waals surface area contributed by atoms with Crippen LogP contribution in [0.1, 0.15) is 23.6 Å². The van der Waals surface area contributed by atoms with E-state index in [2.05, 4.69) is 5.32 Å². The first-order chi connectivity index (χ1) is 17.8. The highest BCUT2D eigenvalue weighted by Gasteiger charge is 2.20. The Labute approximate surface area is 216 Å². The molecule has 6 nitrogen and oxygen atoms in total. The van der Waals surface area contributed by atoms with Gasteiger partial charge >= 0.3 is 0 Å². The number of ether oxygens (including phenoxy) is 3. The minimum Gasteiger partial charge on any atom is -0.493 e. The fraction of sp³-hybridized carbons (Fsp3) is 0.276. The van der Waals surface area contributed by atoms with Crippen LogP contribution in [0.15, 0.2) is 66.7 Å². The van der Waals surface area contributed by atoms with Gasteiger partial charge in [-0.3, -0.25) is 4.79 Å². The van der Waals surface area contributed by atoms with Crippen molar-refractivity contribution in [2.45, 2.75) is 19.5 Å². The lowest BCUT2D eigenvalue weighted by atomic mass is 9.97. The summed E-state index contributed by atoms with van der Waals surface area (Å²) in [5.41, 5.74) is 2.60. The SMILES string of the molecule is CNC(C)CN(Cc1cc(OC)c(OC)c(OC)c1)C(=O)C=C(c1ccc(F)cc1)c1ccc(F)cc1. The predicted molar refractivity (Wildman–Crippen MR) is 140 cm³/mol. The Morgan fingerprint density at radius 3 is 1.78 bits per heavy atom.